The van der Waals surface area contributed by atoms with E-state index in [0.717, 1.165) is 18.5 Å². The Hall–Kier alpha value is -2.63. The third-order valence-corrected chi connectivity index (χ3v) is 4.74. The average molecular weight is 341 g/mol. The van der Waals surface area contributed by atoms with Crippen LogP contribution in [0.4, 0.5) is 5.69 Å². The molecule has 0 bridgehead atoms. The Morgan fingerprint density at radius 3 is 2.60 bits per heavy atom. The van der Waals surface area contributed by atoms with Crippen LogP contribution in [0.25, 0.3) is 0 Å². The highest BCUT2D eigenvalue weighted by Gasteiger charge is 2.32. The van der Waals surface area contributed by atoms with Gasteiger partial charge in [0.25, 0.3) is 5.91 Å². The quantitative estimate of drug-likeness (QED) is 0.861. The average Bonchev–Trinajstić information content (AvgIpc) is 2.99. The summed E-state index contributed by atoms with van der Waals surface area (Å²) in [5.41, 5.74) is 2.08. The number of hydrogen-bond donors (Lipinski definition) is 0. The summed E-state index contributed by atoms with van der Waals surface area (Å²) in [5, 5.41) is 3.91. The van der Waals surface area contributed by atoms with Crippen molar-refractivity contribution in [2.45, 2.75) is 26.7 Å². The van der Waals surface area contributed by atoms with Crippen molar-refractivity contribution in [2.75, 3.05) is 25.0 Å². The van der Waals surface area contributed by atoms with Crippen LogP contribution in [0.3, 0.4) is 0 Å². The predicted octanol–water partition coefficient (Wildman–Crippen LogP) is 2.81. The van der Waals surface area contributed by atoms with Gasteiger partial charge in [-0.15, -0.1) is 0 Å². The summed E-state index contributed by atoms with van der Waals surface area (Å²) in [6.07, 6.45) is 1.61. The van der Waals surface area contributed by atoms with Crippen LogP contribution in [0.15, 0.2) is 34.9 Å². The molecule has 1 aromatic carbocycles. The summed E-state index contributed by atoms with van der Waals surface area (Å²) in [6, 6.07) is 9.21. The third-order valence-electron chi connectivity index (χ3n) is 4.74. The Labute approximate surface area is 147 Å². The first-order valence-corrected chi connectivity index (χ1v) is 8.53. The van der Waals surface area contributed by atoms with Crippen LogP contribution >= 0.6 is 0 Å². The lowest BCUT2D eigenvalue weighted by Gasteiger charge is -2.34. The van der Waals surface area contributed by atoms with Crippen LogP contribution in [0.2, 0.25) is 0 Å². The Morgan fingerprint density at radius 1 is 1.24 bits per heavy atom. The minimum absolute atomic E-state index is 0.0000355. The largest absolute Gasteiger partial charge is 0.359 e. The van der Waals surface area contributed by atoms with Crippen LogP contribution in [-0.4, -0.2) is 42.0 Å². The summed E-state index contributed by atoms with van der Waals surface area (Å²) in [5.74, 6) is 0.402. The number of hydrogen-bond acceptors (Lipinski definition) is 4. The lowest BCUT2D eigenvalue weighted by Crippen LogP contribution is -2.46. The van der Waals surface area contributed by atoms with Gasteiger partial charge in [-0.1, -0.05) is 23.4 Å². The zero-order chi connectivity index (χ0) is 18.0. The fourth-order valence-corrected chi connectivity index (χ4v) is 3.47. The summed E-state index contributed by atoms with van der Waals surface area (Å²) < 4.78 is 5.16. The van der Waals surface area contributed by atoms with Gasteiger partial charge in [0.1, 0.15) is 11.4 Å². The van der Waals surface area contributed by atoms with E-state index in [2.05, 4.69) is 5.16 Å². The first-order chi connectivity index (χ1) is 12.0. The van der Waals surface area contributed by atoms with Gasteiger partial charge in [-0.3, -0.25) is 9.59 Å². The van der Waals surface area contributed by atoms with Crippen molar-refractivity contribution in [1.82, 2.24) is 10.1 Å². The molecule has 0 radical (unpaired) electrons. The molecule has 3 rings (SSSR count). The Bertz CT molecular complexity index is 750. The predicted molar refractivity (Wildman–Crippen MR) is 94.5 cm³/mol. The van der Waals surface area contributed by atoms with Crippen LogP contribution < -0.4 is 4.90 Å². The number of carbonyl (C=O) groups is 2. The Morgan fingerprint density at radius 2 is 1.96 bits per heavy atom. The SMILES string of the molecule is Cc1noc(C)c1N(C)C(=O)C1CCCN(C(=O)c2ccccc2)C1. The number of aromatic nitrogens is 1. The maximum absolute atomic E-state index is 12.9. The molecule has 0 saturated carbocycles. The second kappa shape index (κ2) is 7.09. The van der Waals surface area contributed by atoms with E-state index in [1.165, 1.54) is 0 Å². The fraction of sp³-hybridized carbons (Fsp3) is 0.421. The minimum Gasteiger partial charge on any atom is -0.359 e. The van der Waals surface area contributed by atoms with Crippen molar-refractivity contribution in [3.63, 3.8) is 0 Å². The number of piperidine rings is 1. The molecule has 6 heteroatoms. The first kappa shape index (κ1) is 17.2. The zero-order valence-corrected chi connectivity index (χ0v) is 14.9. The van der Waals surface area contributed by atoms with E-state index in [1.807, 2.05) is 37.3 Å². The third kappa shape index (κ3) is 3.43. The van der Waals surface area contributed by atoms with Crippen molar-refractivity contribution < 1.29 is 14.1 Å². The second-order valence-corrected chi connectivity index (χ2v) is 6.53. The van der Waals surface area contributed by atoms with E-state index in [1.54, 1.807) is 23.8 Å². The molecule has 0 spiro atoms. The summed E-state index contributed by atoms with van der Waals surface area (Å²) in [4.78, 5) is 29.0. The molecular formula is C19H23N3O3. The highest BCUT2D eigenvalue weighted by Crippen LogP contribution is 2.27. The molecule has 1 aliphatic heterocycles. The van der Waals surface area contributed by atoms with Gasteiger partial charge in [0.15, 0.2) is 5.76 Å². The summed E-state index contributed by atoms with van der Waals surface area (Å²) in [6.45, 7) is 4.75. The van der Waals surface area contributed by atoms with E-state index in [-0.39, 0.29) is 17.7 Å². The molecule has 2 aromatic rings. The van der Waals surface area contributed by atoms with Crippen molar-refractivity contribution >= 4 is 17.5 Å². The van der Waals surface area contributed by atoms with Crippen molar-refractivity contribution in [3.8, 4) is 0 Å². The van der Waals surface area contributed by atoms with Gasteiger partial charge in [0.05, 0.1) is 5.92 Å². The number of benzene rings is 1. The van der Waals surface area contributed by atoms with E-state index in [0.29, 0.717) is 30.1 Å². The Balaban J connectivity index is 1.73. The number of rotatable bonds is 3. The molecule has 0 aliphatic carbocycles. The molecule has 2 amide bonds. The minimum atomic E-state index is -0.208. The molecule has 1 saturated heterocycles. The number of carbonyl (C=O) groups excluding carboxylic acids is 2. The number of aryl methyl sites for hydroxylation is 2. The van der Waals surface area contributed by atoms with E-state index in [9.17, 15) is 9.59 Å². The van der Waals surface area contributed by atoms with Crippen LogP contribution in [0.5, 0.6) is 0 Å². The molecule has 1 aromatic heterocycles. The Kier molecular flexibility index (Phi) is 4.88. The van der Waals surface area contributed by atoms with Crippen molar-refractivity contribution in [1.29, 1.82) is 0 Å². The van der Waals surface area contributed by atoms with E-state index >= 15 is 0 Å². The van der Waals surface area contributed by atoms with E-state index < -0.39 is 0 Å². The van der Waals surface area contributed by atoms with Gasteiger partial charge in [-0.25, -0.2) is 0 Å². The number of likely N-dealkylation sites (tertiary alicyclic amines) is 1. The maximum Gasteiger partial charge on any atom is 0.253 e. The van der Waals surface area contributed by atoms with Gasteiger partial charge in [0.2, 0.25) is 5.91 Å². The highest BCUT2D eigenvalue weighted by atomic mass is 16.5. The van der Waals surface area contributed by atoms with Crippen LogP contribution in [0.1, 0.15) is 34.7 Å². The van der Waals surface area contributed by atoms with Gasteiger partial charge < -0.3 is 14.3 Å². The molecule has 1 fully saturated rings. The van der Waals surface area contributed by atoms with Crippen LogP contribution in [-0.2, 0) is 4.79 Å². The molecule has 2 heterocycles. The topological polar surface area (TPSA) is 66.7 Å². The molecule has 0 N–H and O–H groups in total. The molecular weight excluding hydrogens is 318 g/mol. The van der Waals surface area contributed by atoms with Crippen molar-refractivity contribution in [3.05, 3.63) is 47.3 Å². The van der Waals surface area contributed by atoms with Crippen molar-refractivity contribution in [2.24, 2.45) is 5.92 Å². The number of nitrogens with zero attached hydrogens (tertiary/aromatic N) is 3. The first-order valence-electron chi connectivity index (χ1n) is 8.53. The van der Waals surface area contributed by atoms with Gasteiger partial charge in [-0.2, -0.15) is 0 Å². The monoisotopic (exact) mass is 341 g/mol. The molecule has 1 atom stereocenters. The molecule has 1 aliphatic rings. The lowest BCUT2D eigenvalue weighted by atomic mass is 9.95. The van der Waals surface area contributed by atoms with Crippen LogP contribution in [0, 0.1) is 19.8 Å². The summed E-state index contributed by atoms with van der Waals surface area (Å²) >= 11 is 0. The summed E-state index contributed by atoms with van der Waals surface area (Å²) in [7, 11) is 1.74. The zero-order valence-electron chi connectivity index (χ0n) is 14.9. The standard InChI is InChI=1S/C19H23N3O3/c1-13-17(14(2)25-20-13)21(3)18(23)16-10-7-11-22(12-16)19(24)15-8-5-4-6-9-15/h4-6,8-9,16H,7,10-12H2,1-3H3. The molecule has 25 heavy (non-hydrogen) atoms. The molecule has 1 unspecified atom stereocenters. The fourth-order valence-electron chi connectivity index (χ4n) is 3.47. The van der Waals surface area contributed by atoms with Gasteiger partial charge >= 0.3 is 0 Å². The molecule has 132 valence electrons. The van der Waals surface area contributed by atoms with Gasteiger partial charge in [-0.05, 0) is 38.8 Å². The second-order valence-electron chi connectivity index (χ2n) is 6.53. The number of amides is 2. The van der Waals surface area contributed by atoms with E-state index in [4.69, 9.17) is 4.52 Å². The normalized spacial score (nSPS) is 17.4. The molecule has 6 nitrogen and oxygen atoms in total. The maximum atomic E-state index is 12.9. The number of anilines is 1. The smallest absolute Gasteiger partial charge is 0.253 e. The lowest BCUT2D eigenvalue weighted by molar-refractivity contribution is -0.123. The van der Waals surface area contributed by atoms with Gasteiger partial charge in [0, 0.05) is 25.7 Å². The highest BCUT2D eigenvalue weighted by molar-refractivity contribution is 5.97.